The number of hydrogen-bond acceptors (Lipinski definition) is 6. The first kappa shape index (κ1) is 24.3. The number of rotatable bonds is 9. The van der Waals surface area contributed by atoms with Crippen molar-refractivity contribution in [3.63, 3.8) is 0 Å². The highest BCUT2D eigenvalue weighted by atomic mass is 35.5. The molecule has 3 rings (SSSR count). The minimum Gasteiger partial charge on any atom is -0.493 e. The van der Waals surface area contributed by atoms with E-state index >= 15 is 0 Å². The molecular formula is C24H26ClN3O5. The third-order valence-electron chi connectivity index (χ3n) is 5.08. The molecule has 174 valence electrons. The first-order valence-electron chi connectivity index (χ1n) is 10.5. The van der Waals surface area contributed by atoms with Crippen LogP contribution in [0.25, 0.3) is 11.1 Å². The summed E-state index contributed by atoms with van der Waals surface area (Å²) in [7, 11) is 1.51. The van der Waals surface area contributed by atoms with Gasteiger partial charge in [0.15, 0.2) is 11.8 Å². The van der Waals surface area contributed by atoms with Gasteiger partial charge in [0, 0.05) is 30.6 Å². The SMILES string of the molecule is CCOC(=O)[C@H](O)C[C@@H](Cc1ccc(-c2cccc(Cl)c2)cc1)NC(=O)c1cc(O)n(C)n1. The molecule has 8 nitrogen and oxygen atoms in total. The minimum atomic E-state index is -1.39. The summed E-state index contributed by atoms with van der Waals surface area (Å²) in [4.78, 5) is 24.6. The fraction of sp³-hybridized carbons (Fsp3) is 0.292. The molecule has 33 heavy (non-hydrogen) atoms. The zero-order valence-electron chi connectivity index (χ0n) is 18.4. The Balaban J connectivity index is 1.76. The van der Waals surface area contributed by atoms with Gasteiger partial charge in [-0.25, -0.2) is 9.48 Å². The van der Waals surface area contributed by atoms with Crippen molar-refractivity contribution in [1.82, 2.24) is 15.1 Å². The molecule has 9 heteroatoms. The largest absolute Gasteiger partial charge is 0.493 e. The lowest BCUT2D eigenvalue weighted by atomic mass is 9.97. The van der Waals surface area contributed by atoms with Crippen molar-refractivity contribution in [2.24, 2.45) is 7.05 Å². The molecule has 0 radical (unpaired) electrons. The normalized spacial score (nSPS) is 12.7. The molecule has 0 unspecified atom stereocenters. The average Bonchev–Trinajstić information content (AvgIpc) is 3.13. The summed E-state index contributed by atoms with van der Waals surface area (Å²) < 4.78 is 6.05. The van der Waals surface area contributed by atoms with E-state index in [0.717, 1.165) is 16.7 Å². The van der Waals surface area contributed by atoms with Gasteiger partial charge in [-0.3, -0.25) is 4.79 Å². The first-order valence-corrected chi connectivity index (χ1v) is 10.9. The number of aromatic hydroxyl groups is 1. The Morgan fingerprint density at radius 2 is 1.88 bits per heavy atom. The summed E-state index contributed by atoms with van der Waals surface area (Å²) in [5.41, 5.74) is 2.89. The third kappa shape index (κ3) is 6.57. The van der Waals surface area contributed by atoms with Crippen molar-refractivity contribution in [3.8, 4) is 17.0 Å². The van der Waals surface area contributed by atoms with Crippen molar-refractivity contribution in [3.05, 3.63) is 70.9 Å². The zero-order chi connectivity index (χ0) is 24.0. The van der Waals surface area contributed by atoms with Crippen molar-refractivity contribution in [2.75, 3.05) is 6.61 Å². The van der Waals surface area contributed by atoms with E-state index in [4.69, 9.17) is 16.3 Å². The number of aryl methyl sites for hydroxylation is 1. The topological polar surface area (TPSA) is 114 Å². The molecule has 0 aliphatic rings. The first-order chi connectivity index (χ1) is 15.8. The Kier molecular flexibility index (Phi) is 8.08. The predicted octanol–water partition coefficient (Wildman–Crippen LogP) is 3.10. The van der Waals surface area contributed by atoms with Crippen LogP contribution in [0.15, 0.2) is 54.6 Å². The van der Waals surface area contributed by atoms with Gasteiger partial charge in [0.25, 0.3) is 5.91 Å². The number of hydrogen-bond donors (Lipinski definition) is 3. The molecule has 0 aliphatic heterocycles. The van der Waals surface area contributed by atoms with Crippen LogP contribution in [0.2, 0.25) is 5.02 Å². The second-order valence-electron chi connectivity index (χ2n) is 7.60. The summed E-state index contributed by atoms with van der Waals surface area (Å²) in [6.07, 6.45) is -1.07. The van der Waals surface area contributed by atoms with Gasteiger partial charge in [0.1, 0.15) is 0 Å². The number of nitrogens with zero attached hydrogens (tertiary/aromatic N) is 2. The van der Waals surface area contributed by atoms with Crippen molar-refractivity contribution < 1.29 is 24.5 Å². The van der Waals surface area contributed by atoms with Crippen LogP contribution in [0.3, 0.4) is 0 Å². The van der Waals surface area contributed by atoms with E-state index in [1.165, 1.54) is 17.8 Å². The van der Waals surface area contributed by atoms with E-state index in [1.54, 1.807) is 6.92 Å². The zero-order valence-corrected chi connectivity index (χ0v) is 19.1. The number of benzene rings is 2. The van der Waals surface area contributed by atoms with E-state index in [-0.39, 0.29) is 24.6 Å². The maximum Gasteiger partial charge on any atom is 0.335 e. The lowest BCUT2D eigenvalue weighted by Gasteiger charge is -2.21. The van der Waals surface area contributed by atoms with Crippen LogP contribution in [-0.2, 0) is 23.0 Å². The van der Waals surface area contributed by atoms with Crippen LogP contribution in [0.4, 0.5) is 0 Å². The number of aliphatic hydroxyl groups excluding tert-OH is 1. The molecule has 0 bridgehead atoms. The lowest BCUT2D eigenvalue weighted by molar-refractivity contribution is -0.153. The van der Waals surface area contributed by atoms with Gasteiger partial charge in [-0.1, -0.05) is 48.0 Å². The highest BCUT2D eigenvalue weighted by molar-refractivity contribution is 6.30. The molecule has 0 aliphatic carbocycles. The van der Waals surface area contributed by atoms with Crippen molar-refractivity contribution in [2.45, 2.75) is 31.9 Å². The molecule has 2 aromatic carbocycles. The molecular weight excluding hydrogens is 446 g/mol. The number of aliphatic hydroxyl groups is 1. The van der Waals surface area contributed by atoms with Crippen LogP contribution in [0.5, 0.6) is 5.88 Å². The Hall–Kier alpha value is -3.36. The van der Waals surface area contributed by atoms with Gasteiger partial charge in [0.05, 0.1) is 6.61 Å². The van der Waals surface area contributed by atoms with Gasteiger partial charge in [-0.2, -0.15) is 5.10 Å². The molecule has 1 aromatic heterocycles. The summed E-state index contributed by atoms with van der Waals surface area (Å²) >= 11 is 6.08. The summed E-state index contributed by atoms with van der Waals surface area (Å²) in [6, 6.07) is 15.9. The predicted molar refractivity (Wildman–Crippen MR) is 124 cm³/mol. The quantitative estimate of drug-likeness (QED) is 0.413. The molecule has 0 fully saturated rings. The van der Waals surface area contributed by atoms with Gasteiger partial charge in [-0.15, -0.1) is 0 Å². The fourth-order valence-corrected chi connectivity index (χ4v) is 3.60. The smallest absolute Gasteiger partial charge is 0.335 e. The molecule has 3 N–H and O–H groups in total. The standard InChI is InChI=1S/C24H26ClN3O5/c1-3-33-24(32)21(29)13-19(26-23(31)20-14-22(30)28(2)27-20)11-15-7-9-16(10-8-15)17-5-4-6-18(25)12-17/h4-10,12,14,19,21,29-30H,3,11,13H2,1-2H3,(H,26,31)/t19-,21-/m1/s1. The number of aromatic nitrogens is 2. The van der Waals surface area contributed by atoms with Gasteiger partial charge >= 0.3 is 5.97 Å². The van der Waals surface area contributed by atoms with E-state index in [2.05, 4.69) is 10.4 Å². The summed E-state index contributed by atoms with van der Waals surface area (Å²) in [5, 5.41) is 27.3. The second-order valence-corrected chi connectivity index (χ2v) is 8.03. The molecule has 0 spiro atoms. The van der Waals surface area contributed by atoms with E-state index < -0.39 is 24.0 Å². The minimum absolute atomic E-state index is 0.0296. The molecule has 1 amide bonds. The monoisotopic (exact) mass is 471 g/mol. The summed E-state index contributed by atoms with van der Waals surface area (Å²) in [5.74, 6) is -1.43. The third-order valence-corrected chi connectivity index (χ3v) is 5.32. The lowest BCUT2D eigenvalue weighted by Crippen LogP contribution is -2.41. The molecule has 1 heterocycles. The number of ether oxygens (including phenoxy) is 1. The van der Waals surface area contributed by atoms with Crippen molar-refractivity contribution >= 4 is 23.5 Å². The molecule has 0 saturated carbocycles. The Labute approximate surface area is 196 Å². The van der Waals surface area contributed by atoms with Gasteiger partial charge < -0.3 is 20.3 Å². The Bertz CT molecular complexity index is 1090. The van der Waals surface area contributed by atoms with Crippen LogP contribution < -0.4 is 5.32 Å². The number of carbonyl (C=O) groups excluding carboxylic acids is 2. The Morgan fingerprint density at radius 3 is 2.48 bits per heavy atom. The number of esters is 1. The molecule has 2 atom stereocenters. The highest BCUT2D eigenvalue weighted by Gasteiger charge is 2.25. The van der Waals surface area contributed by atoms with Crippen LogP contribution in [0.1, 0.15) is 29.4 Å². The Morgan fingerprint density at radius 1 is 1.15 bits per heavy atom. The number of halogens is 1. The van der Waals surface area contributed by atoms with Crippen molar-refractivity contribution in [1.29, 1.82) is 0 Å². The number of nitrogens with one attached hydrogen (secondary N) is 1. The van der Waals surface area contributed by atoms with E-state index in [9.17, 15) is 19.8 Å². The van der Waals surface area contributed by atoms with E-state index in [1.807, 2.05) is 48.5 Å². The molecule has 3 aromatic rings. The van der Waals surface area contributed by atoms with Crippen LogP contribution >= 0.6 is 11.6 Å². The average molecular weight is 472 g/mol. The van der Waals surface area contributed by atoms with Crippen LogP contribution in [0, 0.1) is 0 Å². The number of carbonyl (C=O) groups is 2. The second kappa shape index (κ2) is 11.0. The fourth-order valence-electron chi connectivity index (χ4n) is 3.41. The van der Waals surface area contributed by atoms with Gasteiger partial charge in [0.2, 0.25) is 5.88 Å². The van der Waals surface area contributed by atoms with Gasteiger partial charge in [-0.05, 0) is 42.2 Å². The maximum atomic E-state index is 12.7. The summed E-state index contributed by atoms with van der Waals surface area (Å²) in [6.45, 7) is 1.80. The van der Waals surface area contributed by atoms with Crippen LogP contribution in [-0.4, -0.2) is 50.6 Å². The maximum absolute atomic E-state index is 12.7. The highest BCUT2D eigenvalue weighted by Crippen LogP contribution is 2.23. The molecule has 0 saturated heterocycles. The number of amides is 1. The van der Waals surface area contributed by atoms with E-state index in [0.29, 0.717) is 11.4 Å².